The van der Waals surface area contributed by atoms with Gasteiger partial charge in [-0.2, -0.15) is 13.2 Å². The number of alkyl halides is 3. The Kier molecular flexibility index (Phi) is 10.2. The Balaban J connectivity index is 0.00000364. The Morgan fingerprint density at radius 1 is 1.30 bits per heavy atom. The number of benzene rings is 1. The van der Waals surface area contributed by atoms with Gasteiger partial charge in [0.15, 0.2) is 5.96 Å². The van der Waals surface area contributed by atoms with Gasteiger partial charge >= 0.3 is 6.18 Å². The smallest absolute Gasteiger partial charge is 0.401 e. The Hall–Kier alpha value is -1.23. The Labute approximate surface area is 175 Å². The summed E-state index contributed by atoms with van der Waals surface area (Å²) >= 11 is 0. The number of nitrogens with zero attached hydrogens (tertiary/aromatic N) is 2. The second kappa shape index (κ2) is 11.6. The number of rotatable bonds is 7. The summed E-state index contributed by atoms with van der Waals surface area (Å²) in [7, 11) is 1.65. The molecule has 2 rings (SSSR count). The largest absolute Gasteiger partial charge is 0.494 e. The molecule has 1 saturated heterocycles. The number of hydrogen-bond acceptors (Lipinski definition) is 3. The lowest BCUT2D eigenvalue weighted by atomic mass is 10.2. The summed E-state index contributed by atoms with van der Waals surface area (Å²) in [6.45, 7) is 3.24. The van der Waals surface area contributed by atoms with Gasteiger partial charge in [-0.1, -0.05) is 17.7 Å². The van der Waals surface area contributed by atoms with Gasteiger partial charge in [0.05, 0.1) is 13.2 Å². The molecule has 0 radical (unpaired) electrons. The highest BCUT2D eigenvalue weighted by atomic mass is 127. The molecule has 1 aromatic carbocycles. The van der Waals surface area contributed by atoms with Crippen molar-refractivity contribution in [3.63, 3.8) is 0 Å². The molecule has 27 heavy (non-hydrogen) atoms. The maximum atomic E-state index is 12.4. The number of guanidine groups is 1. The van der Waals surface area contributed by atoms with E-state index in [0.717, 1.165) is 12.2 Å². The lowest BCUT2D eigenvalue weighted by Gasteiger charge is -2.19. The second-order valence-electron chi connectivity index (χ2n) is 6.49. The highest BCUT2D eigenvalue weighted by molar-refractivity contribution is 14.0. The SMILES string of the molecule is CN=C(NCCCOc1ccc(C)cc1)NC1CCN(CC(F)(F)F)C1.I. The van der Waals surface area contributed by atoms with Gasteiger partial charge in [0.25, 0.3) is 0 Å². The third-order valence-electron chi connectivity index (χ3n) is 4.14. The number of halogens is 4. The fraction of sp³-hybridized carbons (Fsp3) is 0.611. The van der Waals surface area contributed by atoms with Crippen molar-refractivity contribution in [2.75, 3.05) is 39.8 Å². The number of likely N-dealkylation sites (tertiary alicyclic amines) is 1. The first kappa shape index (κ1) is 23.8. The normalized spacial score (nSPS) is 18.1. The van der Waals surface area contributed by atoms with Crippen LogP contribution in [-0.2, 0) is 0 Å². The maximum Gasteiger partial charge on any atom is 0.401 e. The van der Waals surface area contributed by atoms with E-state index in [1.165, 1.54) is 10.5 Å². The molecule has 0 spiro atoms. The Bertz CT molecular complexity index is 581. The quantitative estimate of drug-likeness (QED) is 0.262. The third-order valence-corrected chi connectivity index (χ3v) is 4.14. The minimum Gasteiger partial charge on any atom is -0.494 e. The van der Waals surface area contributed by atoms with Gasteiger partial charge in [-0.05, 0) is 31.9 Å². The van der Waals surface area contributed by atoms with Crippen LogP contribution in [0.25, 0.3) is 0 Å². The molecule has 0 bridgehead atoms. The van der Waals surface area contributed by atoms with E-state index in [9.17, 15) is 13.2 Å². The van der Waals surface area contributed by atoms with E-state index < -0.39 is 12.7 Å². The van der Waals surface area contributed by atoms with Crippen molar-refractivity contribution in [1.82, 2.24) is 15.5 Å². The number of nitrogens with one attached hydrogen (secondary N) is 2. The van der Waals surface area contributed by atoms with Crippen molar-refractivity contribution < 1.29 is 17.9 Å². The van der Waals surface area contributed by atoms with Gasteiger partial charge in [0, 0.05) is 32.7 Å². The van der Waals surface area contributed by atoms with Crippen molar-refractivity contribution in [3.05, 3.63) is 29.8 Å². The predicted octanol–water partition coefficient (Wildman–Crippen LogP) is 3.18. The van der Waals surface area contributed by atoms with Crippen LogP contribution in [0.15, 0.2) is 29.3 Å². The Morgan fingerprint density at radius 3 is 2.63 bits per heavy atom. The Morgan fingerprint density at radius 2 is 2.00 bits per heavy atom. The zero-order valence-electron chi connectivity index (χ0n) is 15.7. The van der Waals surface area contributed by atoms with Crippen molar-refractivity contribution in [1.29, 1.82) is 0 Å². The van der Waals surface area contributed by atoms with Gasteiger partial charge < -0.3 is 15.4 Å². The van der Waals surface area contributed by atoms with Crippen LogP contribution in [0.4, 0.5) is 13.2 Å². The van der Waals surface area contributed by atoms with Crippen molar-refractivity contribution >= 4 is 29.9 Å². The van der Waals surface area contributed by atoms with E-state index in [1.54, 1.807) is 7.05 Å². The first-order valence-corrected chi connectivity index (χ1v) is 8.81. The molecular weight excluding hydrogens is 472 g/mol. The molecule has 1 aliphatic rings. The van der Waals surface area contributed by atoms with Crippen LogP contribution in [0.3, 0.4) is 0 Å². The number of aryl methyl sites for hydroxylation is 1. The minimum atomic E-state index is -4.15. The first-order valence-electron chi connectivity index (χ1n) is 8.81. The van der Waals surface area contributed by atoms with Crippen LogP contribution in [-0.4, -0.2) is 62.9 Å². The van der Waals surface area contributed by atoms with Gasteiger partial charge in [0.1, 0.15) is 5.75 Å². The van der Waals surface area contributed by atoms with Gasteiger partial charge in [-0.15, -0.1) is 24.0 Å². The predicted molar refractivity (Wildman–Crippen MR) is 112 cm³/mol. The topological polar surface area (TPSA) is 48.9 Å². The van der Waals surface area contributed by atoms with Crippen LogP contribution < -0.4 is 15.4 Å². The van der Waals surface area contributed by atoms with E-state index in [0.29, 0.717) is 38.6 Å². The molecule has 2 N–H and O–H groups in total. The highest BCUT2D eigenvalue weighted by Gasteiger charge is 2.34. The number of hydrogen-bond donors (Lipinski definition) is 2. The fourth-order valence-electron chi connectivity index (χ4n) is 2.84. The summed E-state index contributed by atoms with van der Waals surface area (Å²) in [6, 6.07) is 7.87. The van der Waals surface area contributed by atoms with E-state index in [1.807, 2.05) is 31.2 Å². The molecule has 1 aliphatic heterocycles. The molecular formula is C18H28F3IN4O. The lowest BCUT2D eigenvalue weighted by Crippen LogP contribution is -2.45. The molecule has 1 fully saturated rings. The highest BCUT2D eigenvalue weighted by Crippen LogP contribution is 2.19. The average molecular weight is 500 g/mol. The molecule has 5 nitrogen and oxygen atoms in total. The molecule has 0 saturated carbocycles. The minimum absolute atomic E-state index is 0. The molecule has 154 valence electrons. The molecule has 0 aromatic heterocycles. The van der Waals surface area contributed by atoms with E-state index in [2.05, 4.69) is 15.6 Å². The standard InChI is InChI=1S/C18H27F3N4O.HI/c1-14-4-6-16(7-5-14)26-11-3-9-23-17(22-2)24-15-8-10-25(12-15)13-18(19,20)21;/h4-7,15H,3,8-13H2,1-2H3,(H2,22,23,24);1H. The van der Waals surface area contributed by atoms with E-state index in [4.69, 9.17) is 4.74 Å². The van der Waals surface area contributed by atoms with Gasteiger partial charge in [0.2, 0.25) is 0 Å². The molecule has 9 heteroatoms. The summed E-state index contributed by atoms with van der Waals surface area (Å²) in [4.78, 5) is 5.55. The van der Waals surface area contributed by atoms with Crippen LogP contribution in [0, 0.1) is 6.92 Å². The fourth-order valence-corrected chi connectivity index (χ4v) is 2.84. The van der Waals surface area contributed by atoms with Crippen LogP contribution >= 0.6 is 24.0 Å². The second-order valence-corrected chi connectivity index (χ2v) is 6.49. The van der Waals surface area contributed by atoms with Crippen LogP contribution in [0.2, 0.25) is 0 Å². The van der Waals surface area contributed by atoms with Crippen molar-refractivity contribution in [2.45, 2.75) is 32.0 Å². The zero-order chi connectivity index (χ0) is 19.0. The first-order chi connectivity index (χ1) is 12.4. The van der Waals surface area contributed by atoms with Gasteiger partial charge in [-0.3, -0.25) is 9.89 Å². The van der Waals surface area contributed by atoms with Gasteiger partial charge in [-0.25, -0.2) is 0 Å². The molecule has 0 amide bonds. The molecule has 1 heterocycles. The number of ether oxygens (including phenoxy) is 1. The lowest BCUT2D eigenvalue weighted by molar-refractivity contribution is -0.143. The van der Waals surface area contributed by atoms with Crippen molar-refractivity contribution in [3.8, 4) is 5.75 Å². The summed E-state index contributed by atoms with van der Waals surface area (Å²) in [5, 5.41) is 6.36. The van der Waals surface area contributed by atoms with Crippen LogP contribution in [0.5, 0.6) is 5.75 Å². The molecule has 1 atom stereocenters. The summed E-state index contributed by atoms with van der Waals surface area (Å²) in [5.74, 6) is 1.45. The van der Waals surface area contributed by atoms with Crippen LogP contribution in [0.1, 0.15) is 18.4 Å². The zero-order valence-corrected chi connectivity index (χ0v) is 18.0. The maximum absolute atomic E-state index is 12.4. The van der Waals surface area contributed by atoms with Crippen molar-refractivity contribution in [2.24, 2.45) is 4.99 Å². The third kappa shape index (κ3) is 9.50. The monoisotopic (exact) mass is 500 g/mol. The molecule has 1 unspecified atom stereocenters. The summed E-state index contributed by atoms with van der Waals surface area (Å²) in [5.41, 5.74) is 1.19. The summed E-state index contributed by atoms with van der Waals surface area (Å²) < 4.78 is 43.0. The molecule has 1 aromatic rings. The number of aliphatic imine (C=N–C) groups is 1. The molecule has 0 aliphatic carbocycles. The average Bonchev–Trinajstić information content (AvgIpc) is 3.00. The summed E-state index contributed by atoms with van der Waals surface area (Å²) in [6.07, 6.45) is -2.68. The van der Waals surface area contributed by atoms with E-state index >= 15 is 0 Å². The van der Waals surface area contributed by atoms with E-state index in [-0.39, 0.29) is 30.0 Å².